The Balaban J connectivity index is 1.77. The average Bonchev–Trinajstić information content (AvgIpc) is 2.89. The van der Waals surface area contributed by atoms with Crippen LogP contribution in [0.4, 0.5) is 0 Å². The predicted molar refractivity (Wildman–Crippen MR) is 107 cm³/mol. The normalized spacial score (nSPS) is 16.9. The Morgan fingerprint density at radius 3 is 2.74 bits per heavy atom. The second-order valence-corrected chi connectivity index (χ2v) is 7.47. The highest BCUT2D eigenvalue weighted by atomic mass is 79.9. The molecule has 1 aliphatic heterocycles. The van der Waals surface area contributed by atoms with Gasteiger partial charge in [0.1, 0.15) is 11.8 Å². The SMILES string of the molecule is O=C1NCCCC[C@@H]1N(Cc1cccc(Br)c1)C(=O)COc1ccccc1. The molecule has 0 bridgehead atoms. The van der Waals surface area contributed by atoms with Gasteiger partial charge in [0.25, 0.3) is 5.91 Å². The van der Waals surface area contributed by atoms with Gasteiger partial charge in [-0.15, -0.1) is 0 Å². The molecule has 0 spiro atoms. The zero-order chi connectivity index (χ0) is 19.1. The highest BCUT2D eigenvalue weighted by Gasteiger charge is 2.31. The summed E-state index contributed by atoms with van der Waals surface area (Å²) in [6.07, 6.45) is 2.50. The van der Waals surface area contributed by atoms with Crippen molar-refractivity contribution < 1.29 is 14.3 Å². The summed E-state index contributed by atoms with van der Waals surface area (Å²) in [5, 5.41) is 2.92. The summed E-state index contributed by atoms with van der Waals surface area (Å²) in [7, 11) is 0. The summed E-state index contributed by atoms with van der Waals surface area (Å²) in [4.78, 5) is 27.2. The van der Waals surface area contributed by atoms with Crippen molar-refractivity contribution in [3.63, 3.8) is 0 Å². The fourth-order valence-corrected chi connectivity index (χ4v) is 3.62. The monoisotopic (exact) mass is 430 g/mol. The van der Waals surface area contributed by atoms with Gasteiger partial charge in [-0.25, -0.2) is 0 Å². The molecule has 1 saturated heterocycles. The highest BCUT2D eigenvalue weighted by Crippen LogP contribution is 2.19. The number of ether oxygens (including phenoxy) is 1. The number of nitrogens with zero attached hydrogens (tertiary/aromatic N) is 1. The zero-order valence-electron chi connectivity index (χ0n) is 15.1. The molecule has 0 saturated carbocycles. The first-order valence-electron chi connectivity index (χ1n) is 9.13. The summed E-state index contributed by atoms with van der Waals surface area (Å²) in [6.45, 7) is 0.936. The van der Waals surface area contributed by atoms with Crippen LogP contribution in [0.3, 0.4) is 0 Å². The van der Waals surface area contributed by atoms with Crippen LogP contribution in [0, 0.1) is 0 Å². The second-order valence-electron chi connectivity index (χ2n) is 6.56. The minimum atomic E-state index is -0.474. The number of rotatable bonds is 6. The lowest BCUT2D eigenvalue weighted by Gasteiger charge is -2.30. The standard InChI is InChI=1S/C21H23BrN2O3/c22-17-8-6-7-16(13-17)14-24(19-11-4-5-12-23-21(19)26)20(25)15-27-18-9-2-1-3-10-18/h1-3,6-10,13,19H,4-5,11-12,14-15H2,(H,23,26)/t19-/m0/s1. The molecule has 2 amide bonds. The molecule has 2 aromatic rings. The van der Waals surface area contributed by atoms with Crippen molar-refractivity contribution in [1.82, 2.24) is 10.2 Å². The first-order valence-corrected chi connectivity index (χ1v) is 9.92. The maximum atomic E-state index is 13.0. The number of para-hydroxylation sites is 1. The minimum Gasteiger partial charge on any atom is -0.484 e. The van der Waals surface area contributed by atoms with Gasteiger partial charge < -0.3 is 15.0 Å². The van der Waals surface area contributed by atoms with Crippen molar-refractivity contribution in [2.45, 2.75) is 31.8 Å². The fraction of sp³-hybridized carbons (Fsp3) is 0.333. The molecule has 1 N–H and O–H groups in total. The Kier molecular flexibility index (Phi) is 6.87. The number of hydrogen-bond donors (Lipinski definition) is 1. The van der Waals surface area contributed by atoms with E-state index in [1.807, 2.05) is 54.6 Å². The molecule has 6 heteroatoms. The third-order valence-corrected chi connectivity index (χ3v) is 5.04. The molecular weight excluding hydrogens is 408 g/mol. The molecular formula is C21H23BrN2O3. The van der Waals surface area contributed by atoms with Gasteiger partial charge in [-0.2, -0.15) is 0 Å². The Morgan fingerprint density at radius 2 is 1.96 bits per heavy atom. The molecule has 1 heterocycles. The topological polar surface area (TPSA) is 58.6 Å². The predicted octanol–water partition coefficient (Wildman–Crippen LogP) is 3.53. The van der Waals surface area contributed by atoms with Crippen LogP contribution in [0.1, 0.15) is 24.8 Å². The summed E-state index contributed by atoms with van der Waals surface area (Å²) in [5.41, 5.74) is 0.967. The van der Waals surface area contributed by atoms with Gasteiger partial charge in [-0.05, 0) is 49.1 Å². The number of nitrogens with one attached hydrogen (secondary N) is 1. The van der Waals surface area contributed by atoms with E-state index in [9.17, 15) is 9.59 Å². The fourth-order valence-electron chi connectivity index (χ4n) is 3.17. The molecule has 0 radical (unpaired) electrons. The number of carbonyl (C=O) groups excluding carboxylic acids is 2. The number of halogens is 1. The van der Waals surface area contributed by atoms with E-state index in [1.54, 1.807) is 4.90 Å². The van der Waals surface area contributed by atoms with E-state index in [0.717, 1.165) is 22.9 Å². The molecule has 2 aromatic carbocycles. The van der Waals surface area contributed by atoms with E-state index >= 15 is 0 Å². The molecule has 142 valence electrons. The van der Waals surface area contributed by atoms with E-state index < -0.39 is 6.04 Å². The second kappa shape index (κ2) is 9.55. The number of amides is 2. The zero-order valence-corrected chi connectivity index (χ0v) is 16.7. The Morgan fingerprint density at radius 1 is 1.15 bits per heavy atom. The highest BCUT2D eigenvalue weighted by molar-refractivity contribution is 9.10. The van der Waals surface area contributed by atoms with Crippen molar-refractivity contribution in [1.29, 1.82) is 0 Å². The lowest BCUT2D eigenvalue weighted by Crippen LogP contribution is -2.49. The summed E-state index contributed by atoms with van der Waals surface area (Å²) in [5.74, 6) is 0.356. The van der Waals surface area contributed by atoms with Crippen LogP contribution in [0.15, 0.2) is 59.1 Å². The Labute approximate surface area is 167 Å². The average molecular weight is 431 g/mol. The summed E-state index contributed by atoms with van der Waals surface area (Å²) in [6, 6.07) is 16.5. The van der Waals surface area contributed by atoms with E-state index in [1.165, 1.54) is 0 Å². The molecule has 0 aliphatic carbocycles. The quantitative estimate of drug-likeness (QED) is 0.762. The van der Waals surface area contributed by atoms with Crippen molar-refractivity contribution in [2.75, 3.05) is 13.2 Å². The largest absolute Gasteiger partial charge is 0.484 e. The van der Waals surface area contributed by atoms with Crippen LogP contribution < -0.4 is 10.1 Å². The van der Waals surface area contributed by atoms with E-state index in [4.69, 9.17) is 4.74 Å². The van der Waals surface area contributed by atoms with Crippen LogP contribution in [0.5, 0.6) is 5.75 Å². The number of carbonyl (C=O) groups is 2. The summed E-state index contributed by atoms with van der Waals surface area (Å²) < 4.78 is 6.58. The first-order chi connectivity index (χ1) is 13.1. The van der Waals surface area contributed by atoms with Gasteiger partial charge in [0.2, 0.25) is 5.91 Å². The van der Waals surface area contributed by atoms with Crippen LogP contribution >= 0.6 is 15.9 Å². The van der Waals surface area contributed by atoms with Gasteiger partial charge >= 0.3 is 0 Å². The third-order valence-electron chi connectivity index (χ3n) is 4.55. The molecule has 1 aliphatic rings. The van der Waals surface area contributed by atoms with Gasteiger partial charge in [0, 0.05) is 17.6 Å². The van der Waals surface area contributed by atoms with Gasteiger partial charge in [-0.3, -0.25) is 9.59 Å². The van der Waals surface area contributed by atoms with Gasteiger partial charge in [-0.1, -0.05) is 46.3 Å². The lowest BCUT2D eigenvalue weighted by molar-refractivity contribution is -0.142. The molecule has 1 atom stereocenters. The van der Waals surface area contributed by atoms with Gasteiger partial charge in [0.15, 0.2) is 6.61 Å². The maximum Gasteiger partial charge on any atom is 0.261 e. The van der Waals surface area contributed by atoms with E-state index in [0.29, 0.717) is 25.3 Å². The Bertz CT molecular complexity index is 782. The van der Waals surface area contributed by atoms with Crippen molar-refractivity contribution in [3.8, 4) is 5.75 Å². The smallest absolute Gasteiger partial charge is 0.261 e. The van der Waals surface area contributed by atoms with Crippen LogP contribution in [-0.2, 0) is 16.1 Å². The van der Waals surface area contributed by atoms with E-state index in [-0.39, 0.29) is 18.4 Å². The van der Waals surface area contributed by atoms with E-state index in [2.05, 4.69) is 21.2 Å². The van der Waals surface area contributed by atoms with Crippen LogP contribution in [-0.4, -0.2) is 35.9 Å². The lowest BCUT2D eigenvalue weighted by atomic mass is 10.1. The first kappa shape index (κ1) is 19.4. The van der Waals surface area contributed by atoms with Crippen molar-refractivity contribution >= 4 is 27.7 Å². The molecule has 27 heavy (non-hydrogen) atoms. The molecule has 0 aromatic heterocycles. The molecule has 1 fully saturated rings. The third kappa shape index (κ3) is 5.57. The van der Waals surface area contributed by atoms with Gasteiger partial charge in [0.05, 0.1) is 0 Å². The minimum absolute atomic E-state index is 0.0874. The molecule has 5 nitrogen and oxygen atoms in total. The number of hydrogen-bond acceptors (Lipinski definition) is 3. The number of benzene rings is 2. The molecule has 0 unspecified atom stereocenters. The summed E-state index contributed by atoms with van der Waals surface area (Å²) >= 11 is 3.46. The Hall–Kier alpha value is -2.34. The van der Waals surface area contributed by atoms with Crippen LogP contribution in [0.2, 0.25) is 0 Å². The van der Waals surface area contributed by atoms with Crippen molar-refractivity contribution in [3.05, 3.63) is 64.6 Å². The van der Waals surface area contributed by atoms with Crippen molar-refractivity contribution in [2.24, 2.45) is 0 Å². The van der Waals surface area contributed by atoms with Crippen LogP contribution in [0.25, 0.3) is 0 Å². The molecule has 3 rings (SSSR count). The maximum absolute atomic E-state index is 13.0.